The van der Waals surface area contributed by atoms with E-state index in [0.717, 1.165) is 62.3 Å². The van der Waals surface area contributed by atoms with Gasteiger partial charge in [-0.25, -0.2) is 9.38 Å². The summed E-state index contributed by atoms with van der Waals surface area (Å²) in [5, 5.41) is 7.63. The number of H-pyrrole nitrogens is 1. The number of ether oxygens (including phenoxy) is 1. The first-order valence-electron chi connectivity index (χ1n) is 10.3. The summed E-state index contributed by atoms with van der Waals surface area (Å²) in [6.07, 6.45) is 2.65. The second-order valence-electron chi connectivity index (χ2n) is 7.51. The van der Waals surface area contributed by atoms with Crippen LogP contribution in [-0.2, 0) is 16.0 Å². The summed E-state index contributed by atoms with van der Waals surface area (Å²) < 4.78 is 18.7. The van der Waals surface area contributed by atoms with Crippen LogP contribution >= 0.6 is 24.0 Å². The molecule has 8 nitrogen and oxygen atoms in total. The third kappa shape index (κ3) is 7.93. The zero-order valence-corrected chi connectivity index (χ0v) is 20.4. The highest BCUT2D eigenvalue weighted by atomic mass is 127. The first-order chi connectivity index (χ1) is 14.5. The molecule has 1 aliphatic rings. The lowest BCUT2D eigenvalue weighted by Crippen LogP contribution is -2.45. The summed E-state index contributed by atoms with van der Waals surface area (Å²) >= 11 is 0. The lowest BCUT2D eigenvalue weighted by molar-refractivity contribution is -0.127. The van der Waals surface area contributed by atoms with Crippen molar-refractivity contribution in [2.24, 2.45) is 4.99 Å². The van der Waals surface area contributed by atoms with Gasteiger partial charge >= 0.3 is 0 Å². The van der Waals surface area contributed by atoms with E-state index in [4.69, 9.17) is 4.74 Å². The normalized spacial score (nSPS) is 14.9. The number of aromatic nitrogens is 1. The molecular weight excluding hydrogens is 514 g/mol. The molecule has 2 aromatic rings. The minimum atomic E-state index is -0.251. The minimum absolute atomic E-state index is 0. The van der Waals surface area contributed by atoms with Crippen molar-refractivity contribution in [1.82, 2.24) is 25.4 Å². The summed E-state index contributed by atoms with van der Waals surface area (Å²) in [5.41, 5.74) is 1.90. The van der Waals surface area contributed by atoms with E-state index in [-0.39, 0.29) is 42.2 Å². The van der Waals surface area contributed by atoms with E-state index in [9.17, 15) is 9.18 Å². The van der Waals surface area contributed by atoms with Gasteiger partial charge in [-0.3, -0.25) is 9.69 Å². The SMILES string of the molecule is CN(C)C(=O)CN=C(NCCc1c[nH]c2cc(F)ccc12)NCCN1CCOCC1.I. The Morgan fingerprint density at radius 1 is 1.26 bits per heavy atom. The number of halogens is 2. The van der Waals surface area contributed by atoms with Crippen molar-refractivity contribution in [3.63, 3.8) is 0 Å². The Hall–Kier alpha value is -1.92. The van der Waals surface area contributed by atoms with Crippen molar-refractivity contribution < 1.29 is 13.9 Å². The molecule has 0 spiro atoms. The Morgan fingerprint density at radius 3 is 2.74 bits per heavy atom. The van der Waals surface area contributed by atoms with Crippen LogP contribution < -0.4 is 10.6 Å². The van der Waals surface area contributed by atoms with Gasteiger partial charge in [-0.2, -0.15) is 0 Å². The Bertz CT molecular complexity index is 867. The number of morpholine rings is 1. The number of rotatable bonds is 8. The van der Waals surface area contributed by atoms with Gasteiger partial charge in [0.25, 0.3) is 0 Å². The van der Waals surface area contributed by atoms with Gasteiger partial charge in [0, 0.05) is 63.9 Å². The van der Waals surface area contributed by atoms with Gasteiger partial charge < -0.3 is 25.3 Å². The number of hydrogen-bond acceptors (Lipinski definition) is 4. The number of likely N-dealkylation sites (N-methyl/N-ethyl adjacent to an activating group) is 1. The molecule has 3 N–H and O–H groups in total. The number of aliphatic imine (C=N–C) groups is 1. The topological polar surface area (TPSA) is 85.0 Å². The van der Waals surface area contributed by atoms with Crippen LogP contribution in [0.5, 0.6) is 0 Å². The predicted molar refractivity (Wildman–Crippen MR) is 132 cm³/mol. The molecule has 1 aromatic heterocycles. The third-order valence-electron chi connectivity index (χ3n) is 5.11. The Kier molecular flexibility index (Phi) is 10.5. The van der Waals surface area contributed by atoms with Gasteiger partial charge in [-0.1, -0.05) is 0 Å². The van der Waals surface area contributed by atoms with Crippen molar-refractivity contribution in [3.05, 3.63) is 35.8 Å². The van der Waals surface area contributed by atoms with Crippen LogP contribution in [0.1, 0.15) is 5.56 Å². The highest BCUT2D eigenvalue weighted by Gasteiger charge is 2.11. The molecule has 0 bridgehead atoms. The average Bonchev–Trinajstić information content (AvgIpc) is 3.14. The number of nitrogens with one attached hydrogen (secondary N) is 3. The number of benzene rings is 1. The highest BCUT2D eigenvalue weighted by molar-refractivity contribution is 14.0. The Balaban J connectivity index is 0.00000341. The largest absolute Gasteiger partial charge is 0.379 e. The second kappa shape index (κ2) is 12.8. The molecule has 1 fully saturated rings. The van der Waals surface area contributed by atoms with Crippen LogP contribution in [0.4, 0.5) is 4.39 Å². The van der Waals surface area contributed by atoms with Gasteiger partial charge in [0.15, 0.2) is 5.96 Å². The minimum Gasteiger partial charge on any atom is -0.379 e. The quantitative estimate of drug-likeness (QED) is 0.265. The smallest absolute Gasteiger partial charge is 0.243 e. The number of guanidine groups is 1. The van der Waals surface area contributed by atoms with Crippen LogP contribution in [-0.4, -0.2) is 93.2 Å². The average molecular weight is 546 g/mol. The number of carbonyl (C=O) groups is 1. The zero-order chi connectivity index (χ0) is 21.3. The molecule has 172 valence electrons. The van der Waals surface area contributed by atoms with E-state index in [2.05, 4.69) is 25.5 Å². The standard InChI is InChI=1S/C21H31FN6O2.HI/c1-27(2)20(29)15-26-21(24-7-8-28-9-11-30-12-10-28)23-6-5-16-14-25-19-13-17(22)3-4-18(16)19;/h3-4,13-14,25H,5-12,15H2,1-2H3,(H2,23,24,26);1H. The molecule has 0 unspecified atom stereocenters. The molecule has 0 aliphatic carbocycles. The van der Waals surface area contributed by atoms with E-state index >= 15 is 0 Å². The van der Waals surface area contributed by atoms with Crippen molar-refractivity contribution in [1.29, 1.82) is 0 Å². The van der Waals surface area contributed by atoms with Crippen LogP contribution in [0.25, 0.3) is 10.9 Å². The molecule has 3 rings (SSSR count). The number of hydrogen-bond donors (Lipinski definition) is 3. The van der Waals surface area contributed by atoms with Gasteiger partial charge in [0.1, 0.15) is 12.4 Å². The molecule has 0 saturated carbocycles. The predicted octanol–water partition coefficient (Wildman–Crippen LogP) is 1.42. The highest BCUT2D eigenvalue weighted by Crippen LogP contribution is 2.19. The monoisotopic (exact) mass is 546 g/mol. The summed E-state index contributed by atoms with van der Waals surface area (Å²) in [6, 6.07) is 4.76. The third-order valence-corrected chi connectivity index (χ3v) is 5.11. The Labute approximate surface area is 199 Å². The second-order valence-corrected chi connectivity index (χ2v) is 7.51. The molecular formula is C21H32FIN6O2. The van der Waals surface area contributed by atoms with E-state index in [1.165, 1.54) is 17.0 Å². The van der Waals surface area contributed by atoms with Crippen LogP contribution in [0.2, 0.25) is 0 Å². The number of nitrogens with zero attached hydrogens (tertiary/aromatic N) is 3. The number of carbonyl (C=O) groups excluding carboxylic acids is 1. The van der Waals surface area contributed by atoms with Gasteiger partial charge in [-0.15, -0.1) is 24.0 Å². The maximum Gasteiger partial charge on any atom is 0.243 e. The molecule has 0 atom stereocenters. The van der Waals surface area contributed by atoms with Crippen molar-refractivity contribution in [2.45, 2.75) is 6.42 Å². The molecule has 1 aliphatic heterocycles. The number of fused-ring (bicyclic) bond motifs is 1. The molecule has 10 heteroatoms. The molecule has 0 radical (unpaired) electrons. The number of amides is 1. The van der Waals surface area contributed by atoms with E-state index in [0.29, 0.717) is 12.5 Å². The summed E-state index contributed by atoms with van der Waals surface area (Å²) in [7, 11) is 3.44. The van der Waals surface area contributed by atoms with Crippen molar-refractivity contribution in [3.8, 4) is 0 Å². The Morgan fingerprint density at radius 2 is 2.00 bits per heavy atom. The first kappa shape index (κ1) is 25.3. The molecule has 1 saturated heterocycles. The van der Waals surface area contributed by atoms with Crippen LogP contribution in [0.3, 0.4) is 0 Å². The van der Waals surface area contributed by atoms with Crippen LogP contribution in [0.15, 0.2) is 29.4 Å². The fourth-order valence-corrected chi connectivity index (χ4v) is 3.30. The number of aromatic amines is 1. The lowest BCUT2D eigenvalue weighted by Gasteiger charge is -2.26. The lowest BCUT2D eigenvalue weighted by atomic mass is 10.1. The van der Waals surface area contributed by atoms with Gasteiger partial charge in [0.2, 0.25) is 5.91 Å². The summed E-state index contributed by atoms with van der Waals surface area (Å²) in [5.74, 6) is 0.311. The van der Waals surface area contributed by atoms with Gasteiger partial charge in [-0.05, 0) is 30.2 Å². The molecule has 2 heterocycles. The fourth-order valence-electron chi connectivity index (χ4n) is 3.30. The molecule has 31 heavy (non-hydrogen) atoms. The maximum absolute atomic E-state index is 13.4. The van der Waals surface area contributed by atoms with Crippen molar-refractivity contribution >= 4 is 46.7 Å². The molecule has 1 aromatic carbocycles. The summed E-state index contributed by atoms with van der Waals surface area (Å²) in [4.78, 5) is 23.3. The first-order valence-corrected chi connectivity index (χ1v) is 10.3. The van der Waals surface area contributed by atoms with Gasteiger partial charge in [0.05, 0.1) is 13.2 Å². The van der Waals surface area contributed by atoms with E-state index in [1.54, 1.807) is 20.2 Å². The molecule has 1 amide bonds. The van der Waals surface area contributed by atoms with Crippen molar-refractivity contribution in [2.75, 3.05) is 66.6 Å². The van der Waals surface area contributed by atoms with Crippen LogP contribution in [0, 0.1) is 5.82 Å². The van der Waals surface area contributed by atoms with E-state index in [1.807, 2.05) is 6.20 Å². The maximum atomic E-state index is 13.4. The fraction of sp³-hybridized carbons (Fsp3) is 0.524. The zero-order valence-electron chi connectivity index (χ0n) is 18.1. The van der Waals surface area contributed by atoms with E-state index < -0.39 is 0 Å². The summed E-state index contributed by atoms with van der Waals surface area (Å²) in [6.45, 7) is 5.75.